The zero-order valence-corrected chi connectivity index (χ0v) is 5.25. The predicted octanol–water partition coefficient (Wildman–Crippen LogP) is 1.60. The highest BCUT2D eigenvalue weighted by atomic mass is 16.9. The van der Waals surface area contributed by atoms with Crippen LogP contribution < -0.4 is 0 Å². The highest BCUT2D eigenvalue weighted by Gasteiger charge is 1.95. The van der Waals surface area contributed by atoms with Crippen molar-refractivity contribution in [3.63, 3.8) is 0 Å². The second-order valence-electron chi connectivity index (χ2n) is 2.01. The topological polar surface area (TPSA) is 63.4 Å². The van der Waals surface area contributed by atoms with Gasteiger partial charge in [-0.05, 0) is 0 Å². The summed E-state index contributed by atoms with van der Waals surface area (Å²) in [5.41, 5.74) is 0. The normalized spacial score (nSPS) is 16.0. The maximum Gasteiger partial charge on any atom is 0.291 e. The Labute approximate surface area is 53.6 Å². The largest absolute Gasteiger partial charge is 0.328 e. The van der Waals surface area contributed by atoms with Gasteiger partial charge in [-0.2, -0.15) is 0 Å². The van der Waals surface area contributed by atoms with Crippen LogP contribution in [0.4, 0.5) is 0 Å². The Morgan fingerprint density at radius 2 is 1.22 bits per heavy atom. The molecule has 1 fully saturated rings. The molecule has 1 N–H and O–H groups in total. The summed E-state index contributed by atoms with van der Waals surface area (Å²) in [5.74, 6) is 0. The van der Waals surface area contributed by atoms with Crippen LogP contribution in [0.2, 0.25) is 0 Å². The van der Waals surface area contributed by atoms with E-state index in [2.05, 4.69) is 0 Å². The smallest absolute Gasteiger partial charge is 0.291 e. The van der Waals surface area contributed by atoms with Crippen molar-refractivity contribution in [1.29, 1.82) is 0 Å². The van der Waals surface area contributed by atoms with Gasteiger partial charge in [0.05, 0.1) is 0 Å². The van der Waals surface area contributed by atoms with Crippen LogP contribution in [-0.2, 0) is 0 Å². The first-order chi connectivity index (χ1) is 4.23. The van der Waals surface area contributed by atoms with Crippen LogP contribution in [-0.4, -0.2) is 10.3 Å². The third kappa shape index (κ3) is 11.0. The molecule has 4 heteroatoms. The van der Waals surface area contributed by atoms with Crippen LogP contribution in [0.5, 0.6) is 0 Å². The highest BCUT2D eigenvalue weighted by Crippen LogP contribution is 2.15. The van der Waals surface area contributed by atoms with Crippen molar-refractivity contribution in [3.8, 4) is 0 Å². The average Bonchev–Trinajstić information content (AvgIpc) is 2.11. The lowest BCUT2D eigenvalue weighted by Crippen LogP contribution is -1.81. The molecule has 0 aliphatic heterocycles. The Hall–Kier alpha value is -0.800. The van der Waals surface area contributed by atoms with Gasteiger partial charge in [-0.1, -0.05) is 32.1 Å². The van der Waals surface area contributed by atoms with Crippen molar-refractivity contribution >= 4 is 0 Å². The SMILES string of the molecule is C1CCCC1.O=[N+]([O-])O. The van der Waals surface area contributed by atoms with Crippen LogP contribution in [0, 0.1) is 10.1 Å². The molecule has 1 aliphatic rings. The second kappa shape index (κ2) is 5.34. The van der Waals surface area contributed by atoms with Gasteiger partial charge in [-0.15, -0.1) is 10.1 Å². The van der Waals surface area contributed by atoms with Crippen LogP contribution >= 0.6 is 0 Å². The summed E-state index contributed by atoms with van der Waals surface area (Å²) in [4.78, 5) is 8.36. The van der Waals surface area contributed by atoms with Crippen molar-refractivity contribution in [3.05, 3.63) is 10.1 Å². The minimum atomic E-state index is -1.50. The molecule has 0 radical (unpaired) electrons. The molecule has 0 aromatic carbocycles. The lowest BCUT2D eigenvalue weighted by molar-refractivity contribution is -0.742. The molecule has 0 aromatic rings. The highest BCUT2D eigenvalue weighted by molar-refractivity contribution is 4.51. The van der Waals surface area contributed by atoms with Crippen LogP contribution in [0.15, 0.2) is 0 Å². The standard InChI is InChI=1S/C5H10.HNO3/c1-2-4-5-3-1;2-1(3)4/h1-5H2;(H,2,3,4). The van der Waals surface area contributed by atoms with Crippen molar-refractivity contribution in [2.75, 3.05) is 0 Å². The van der Waals surface area contributed by atoms with E-state index in [1.54, 1.807) is 0 Å². The molecule has 0 saturated heterocycles. The summed E-state index contributed by atoms with van der Waals surface area (Å²) >= 11 is 0. The lowest BCUT2D eigenvalue weighted by Gasteiger charge is -1.67. The van der Waals surface area contributed by atoms with Gasteiger partial charge in [0.1, 0.15) is 0 Å². The fraction of sp³-hybridized carbons (Fsp3) is 1.00. The Kier molecular flexibility index (Phi) is 4.86. The minimum absolute atomic E-state index is 1.50. The van der Waals surface area contributed by atoms with E-state index < -0.39 is 5.09 Å². The molecule has 0 spiro atoms. The average molecular weight is 133 g/mol. The minimum Gasteiger partial charge on any atom is -0.328 e. The van der Waals surface area contributed by atoms with Crippen LogP contribution in [0.25, 0.3) is 0 Å². The van der Waals surface area contributed by atoms with Crippen LogP contribution in [0.1, 0.15) is 32.1 Å². The Morgan fingerprint density at radius 1 is 1.11 bits per heavy atom. The quantitative estimate of drug-likeness (QED) is 0.403. The molecule has 4 nitrogen and oxygen atoms in total. The van der Waals surface area contributed by atoms with Crippen molar-refractivity contribution in [1.82, 2.24) is 0 Å². The molecule has 0 heterocycles. The molecule has 1 rings (SSSR count). The molecule has 0 bridgehead atoms. The molecule has 9 heavy (non-hydrogen) atoms. The van der Waals surface area contributed by atoms with E-state index >= 15 is 0 Å². The first kappa shape index (κ1) is 8.20. The van der Waals surface area contributed by atoms with Gasteiger partial charge >= 0.3 is 0 Å². The van der Waals surface area contributed by atoms with E-state index in [0.717, 1.165) is 0 Å². The Bertz CT molecular complexity index is 68.7. The Morgan fingerprint density at radius 3 is 1.33 bits per heavy atom. The zero-order valence-electron chi connectivity index (χ0n) is 5.25. The summed E-state index contributed by atoms with van der Waals surface area (Å²) < 4.78 is 0. The number of hydrogen-bond acceptors (Lipinski definition) is 2. The van der Waals surface area contributed by atoms with Crippen molar-refractivity contribution in [2.45, 2.75) is 32.1 Å². The van der Waals surface area contributed by atoms with Gasteiger partial charge in [-0.25, -0.2) is 0 Å². The second-order valence-corrected chi connectivity index (χ2v) is 2.01. The molecule has 0 unspecified atom stereocenters. The monoisotopic (exact) mass is 133 g/mol. The van der Waals surface area contributed by atoms with Gasteiger partial charge in [0, 0.05) is 0 Å². The van der Waals surface area contributed by atoms with E-state index in [0.29, 0.717) is 0 Å². The molecular formula is C5H11NO3. The first-order valence-corrected chi connectivity index (χ1v) is 3.07. The molecule has 0 amide bonds. The van der Waals surface area contributed by atoms with E-state index in [-0.39, 0.29) is 0 Å². The summed E-state index contributed by atoms with van der Waals surface area (Å²) in [7, 11) is 0. The third-order valence-electron chi connectivity index (χ3n) is 1.25. The fourth-order valence-electron chi connectivity index (χ4n) is 0.884. The Balaban J connectivity index is 0.000000148. The van der Waals surface area contributed by atoms with Crippen LogP contribution in [0.3, 0.4) is 0 Å². The summed E-state index contributed by atoms with van der Waals surface area (Å²) in [6.45, 7) is 0. The van der Waals surface area contributed by atoms with E-state index in [9.17, 15) is 0 Å². The van der Waals surface area contributed by atoms with E-state index in [4.69, 9.17) is 15.3 Å². The fourth-order valence-corrected chi connectivity index (χ4v) is 0.884. The predicted molar refractivity (Wildman–Crippen MR) is 31.9 cm³/mol. The number of nitrogens with zero attached hydrogens (tertiary/aromatic N) is 1. The van der Waals surface area contributed by atoms with E-state index in [1.807, 2.05) is 0 Å². The lowest BCUT2D eigenvalue weighted by atomic mass is 10.4. The zero-order chi connectivity index (χ0) is 7.11. The van der Waals surface area contributed by atoms with Gasteiger partial charge in [-0.3, -0.25) is 0 Å². The van der Waals surface area contributed by atoms with Gasteiger partial charge in [0.2, 0.25) is 0 Å². The molecule has 0 atom stereocenters. The maximum atomic E-state index is 8.36. The van der Waals surface area contributed by atoms with E-state index in [1.165, 1.54) is 32.1 Å². The first-order valence-electron chi connectivity index (χ1n) is 3.07. The summed E-state index contributed by atoms with van der Waals surface area (Å²) in [6, 6.07) is 0. The summed E-state index contributed by atoms with van der Waals surface area (Å²) in [5, 5.41) is 13.6. The molecule has 1 aliphatic carbocycles. The maximum absolute atomic E-state index is 8.36. The van der Waals surface area contributed by atoms with Crippen molar-refractivity contribution in [2.24, 2.45) is 0 Å². The van der Waals surface area contributed by atoms with Gasteiger partial charge in [0.15, 0.2) is 0 Å². The van der Waals surface area contributed by atoms with Gasteiger partial charge < -0.3 is 5.21 Å². The molecule has 0 aromatic heterocycles. The molecular weight excluding hydrogens is 122 g/mol. The number of hydrogen-bond donors (Lipinski definition) is 1. The molecule has 1 saturated carbocycles. The molecule has 54 valence electrons. The van der Waals surface area contributed by atoms with Gasteiger partial charge in [0.25, 0.3) is 5.09 Å². The van der Waals surface area contributed by atoms with Crippen molar-refractivity contribution < 1.29 is 10.3 Å². The third-order valence-corrected chi connectivity index (χ3v) is 1.25. The summed E-state index contributed by atoms with van der Waals surface area (Å²) in [6.07, 6.45) is 7.50. The number of rotatable bonds is 0.